The zero-order valence-electron chi connectivity index (χ0n) is 15.9. The van der Waals surface area contributed by atoms with E-state index >= 15 is 0 Å². The Balaban J connectivity index is 1.69. The van der Waals surface area contributed by atoms with Gasteiger partial charge in [-0.05, 0) is 81.0 Å². The summed E-state index contributed by atoms with van der Waals surface area (Å²) in [7, 11) is 0. The van der Waals surface area contributed by atoms with Crippen LogP contribution in [-0.2, 0) is 4.79 Å². The van der Waals surface area contributed by atoms with E-state index in [9.17, 15) is 20.1 Å². The van der Waals surface area contributed by atoms with Crippen molar-refractivity contribution in [3.63, 3.8) is 0 Å². The molecule has 4 rings (SSSR count). The van der Waals surface area contributed by atoms with Gasteiger partial charge in [0.25, 0.3) is 0 Å². The smallest absolute Gasteiger partial charge is 0.161 e. The summed E-state index contributed by atoms with van der Waals surface area (Å²) in [5.74, 6) is 1.34. The number of hydrogen-bond acceptors (Lipinski definition) is 4. The van der Waals surface area contributed by atoms with Gasteiger partial charge in [0, 0.05) is 11.8 Å². The van der Waals surface area contributed by atoms with E-state index in [0.717, 1.165) is 44.9 Å². The number of aliphatic hydroxyl groups excluding tert-OH is 2. The lowest BCUT2D eigenvalue weighted by atomic mass is 9.44. The Labute approximate surface area is 151 Å². The summed E-state index contributed by atoms with van der Waals surface area (Å²) >= 11 is 0. The quantitative estimate of drug-likeness (QED) is 0.679. The summed E-state index contributed by atoms with van der Waals surface area (Å²) in [4.78, 5) is 12.3. The standard InChI is InChI=1S/C21H34O4/c1-12(22)21(25)11-17(24)18-15-5-4-13-10-14(23)6-8-19(13,2)16(15)7-9-20(18,21)3/h13-18,23-25H,4-11H2,1-3H3/t13-,14-,15-,16+,17-,18?,19+,20+,21+/m1/s1. The average Bonchev–Trinajstić information content (AvgIpc) is 2.75. The van der Waals surface area contributed by atoms with Gasteiger partial charge in [0.2, 0.25) is 0 Å². The van der Waals surface area contributed by atoms with Gasteiger partial charge in [-0.15, -0.1) is 0 Å². The number of ketones is 1. The molecule has 0 aromatic heterocycles. The molecule has 4 heteroatoms. The molecule has 4 nitrogen and oxygen atoms in total. The molecule has 4 fully saturated rings. The molecule has 0 amide bonds. The lowest BCUT2D eigenvalue weighted by molar-refractivity contribution is -0.173. The second-order valence-corrected chi connectivity index (χ2v) is 10.1. The molecular formula is C21H34O4. The number of fused-ring (bicyclic) bond motifs is 5. The van der Waals surface area contributed by atoms with E-state index in [4.69, 9.17) is 0 Å². The maximum Gasteiger partial charge on any atom is 0.161 e. The van der Waals surface area contributed by atoms with Gasteiger partial charge in [0.1, 0.15) is 5.60 Å². The molecule has 0 aromatic rings. The van der Waals surface area contributed by atoms with Crippen LogP contribution in [0.1, 0.15) is 72.1 Å². The minimum atomic E-state index is -1.37. The molecule has 0 aliphatic heterocycles. The molecule has 0 saturated heterocycles. The van der Waals surface area contributed by atoms with Gasteiger partial charge in [-0.3, -0.25) is 4.79 Å². The van der Waals surface area contributed by atoms with Crippen molar-refractivity contribution < 1.29 is 20.1 Å². The number of rotatable bonds is 1. The Morgan fingerprint density at radius 2 is 1.76 bits per heavy atom. The van der Waals surface area contributed by atoms with Crippen LogP contribution < -0.4 is 0 Å². The monoisotopic (exact) mass is 350 g/mol. The van der Waals surface area contributed by atoms with Gasteiger partial charge < -0.3 is 15.3 Å². The first-order valence-electron chi connectivity index (χ1n) is 10.2. The van der Waals surface area contributed by atoms with Crippen LogP contribution in [0.2, 0.25) is 0 Å². The fourth-order valence-corrected chi connectivity index (χ4v) is 7.89. The largest absolute Gasteiger partial charge is 0.393 e. The predicted molar refractivity (Wildman–Crippen MR) is 94.8 cm³/mol. The SMILES string of the molecule is CC(=O)[C@@]1(O)C[C@@H](O)C2[C@@H]3CC[C@@H]4C[C@H](O)CC[C@]4(C)[C@H]3CC[C@@]21C. The van der Waals surface area contributed by atoms with Crippen molar-refractivity contribution in [3.8, 4) is 0 Å². The minimum Gasteiger partial charge on any atom is -0.393 e. The van der Waals surface area contributed by atoms with E-state index in [-0.39, 0.29) is 29.6 Å². The van der Waals surface area contributed by atoms with E-state index in [2.05, 4.69) is 6.92 Å². The van der Waals surface area contributed by atoms with Crippen LogP contribution in [0.4, 0.5) is 0 Å². The second-order valence-electron chi connectivity index (χ2n) is 10.1. The molecule has 142 valence electrons. The van der Waals surface area contributed by atoms with Crippen molar-refractivity contribution >= 4 is 5.78 Å². The summed E-state index contributed by atoms with van der Waals surface area (Å²) < 4.78 is 0. The van der Waals surface area contributed by atoms with E-state index < -0.39 is 17.1 Å². The van der Waals surface area contributed by atoms with Crippen LogP contribution >= 0.6 is 0 Å². The fraction of sp³-hybridized carbons (Fsp3) is 0.952. The van der Waals surface area contributed by atoms with Gasteiger partial charge >= 0.3 is 0 Å². The highest BCUT2D eigenvalue weighted by molar-refractivity contribution is 5.86. The Kier molecular flexibility index (Phi) is 3.97. The third kappa shape index (κ3) is 2.20. The molecule has 0 aromatic carbocycles. The molecule has 4 aliphatic rings. The van der Waals surface area contributed by atoms with Crippen molar-refractivity contribution in [2.24, 2.45) is 34.5 Å². The van der Waals surface area contributed by atoms with Crippen molar-refractivity contribution in [2.75, 3.05) is 0 Å². The second kappa shape index (κ2) is 5.53. The van der Waals surface area contributed by atoms with Crippen LogP contribution in [0.3, 0.4) is 0 Å². The Morgan fingerprint density at radius 3 is 2.44 bits per heavy atom. The number of hydrogen-bond donors (Lipinski definition) is 3. The average molecular weight is 350 g/mol. The van der Waals surface area contributed by atoms with Gasteiger partial charge in [-0.1, -0.05) is 13.8 Å². The molecule has 3 N–H and O–H groups in total. The van der Waals surface area contributed by atoms with Crippen molar-refractivity contribution in [1.82, 2.24) is 0 Å². The predicted octanol–water partition coefficient (Wildman–Crippen LogP) is 2.68. The highest BCUT2D eigenvalue weighted by Gasteiger charge is 2.68. The zero-order valence-corrected chi connectivity index (χ0v) is 15.9. The minimum absolute atomic E-state index is 0.0183. The van der Waals surface area contributed by atoms with Gasteiger partial charge in [0.05, 0.1) is 12.2 Å². The molecule has 1 unspecified atom stereocenters. The lowest BCUT2D eigenvalue weighted by Gasteiger charge is -2.61. The number of carbonyl (C=O) groups is 1. The third-order valence-electron chi connectivity index (χ3n) is 9.34. The van der Waals surface area contributed by atoms with Crippen molar-refractivity contribution in [2.45, 2.75) is 89.9 Å². The maximum absolute atomic E-state index is 12.3. The van der Waals surface area contributed by atoms with Crippen LogP contribution in [0.5, 0.6) is 0 Å². The highest BCUT2D eigenvalue weighted by atomic mass is 16.3. The molecule has 4 saturated carbocycles. The van der Waals surface area contributed by atoms with Gasteiger partial charge in [0.15, 0.2) is 5.78 Å². The Morgan fingerprint density at radius 1 is 1.04 bits per heavy atom. The van der Waals surface area contributed by atoms with Crippen molar-refractivity contribution in [1.29, 1.82) is 0 Å². The van der Waals surface area contributed by atoms with Crippen LogP contribution in [0.15, 0.2) is 0 Å². The van der Waals surface area contributed by atoms with Crippen LogP contribution in [0, 0.1) is 34.5 Å². The summed E-state index contributed by atoms with van der Waals surface area (Å²) in [5, 5.41) is 32.2. The van der Waals surface area contributed by atoms with E-state index in [1.54, 1.807) is 0 Å². The molecule has 4 aliphatic carbocycles. The Bertz CT molecular complexity index is 576. The molecule has 0 spiro atoms. The van der Waals surface area contributed by atoms with E-state index in [1.807, 2.05) is 6.92 Å². The first kappa shape index (κ1) is 17.9. The highest BCUT2D eigenvalue weighted by Crippen LogP contribution is 2.68. The van der Waals surface area contributed by atoms with Gasteiger partial charge in [-0.25, -0.2) is 0 Å². The van der Waals surface area contributed by atoms with Crippen LogP contribution in [-0.4, -0.2) is 38.9 Å². The Hall–Kier alpha value is -0.450. The lowest BCUT2D eigenvalue weighted by Crippen LogP contribution is -2.59. The molecule has 0 radical (unpaired) electrons. The molecule has 9 atom stereocenters. The maximum atomic E-state index is 12.3. The zero-order chi connectivity index (χ0) is 18.2. The number of Topliss-reactive ketones (excluding diaryl/α,β-unsaturated/α-hetero) is 1. The van der Waals surface area contributed by atoms with Crippen LogP contribution in [0.25, 0.3) is 0 Å². The molecular weight excluding hydrogens is 316 g/mol. The normalized spacial score (nSPS) is 58.2. The summed E-state index contributed by atoms with van der Waals surface area (Å²) in [6.07, 6.45) is 6.35. The molecule has 0 heterocycles. The number of aliphatic hydroxyl groups is 3. The van der Waals surface area contributed by atoms with E-state index in [1.165, 1.54) is 6.92 Å². The van der Waals surface area contributed by atoms with Gasteiger partial charge in [-0.2, -0.15) is 0 Å². The molecule has 0 bridgehead atoms. The topological polar surface area (TPSA) is 77.8 Å². The molecule has 25 heavy (non-hydrogen) atoms. The first-order valence-corrected chi connectivity index (χ1v) is 10.2. The van der Waals surface area contributed by atoms with Crippen molar-refractivity contribution in [3.05, 3.63) is 0 Å². The first-order chi connectivity index (χ1) is 11.6. The third-order valence-corrected chi connectivity index (χ3v) is 9.34. The van der Waals surface area contributed by atoms with E-state index in [0.29, 0.717) is 17.8 Å². The fourth-order valence-electron chi connectivity index (χ4n) is 7.89. The summed E-state index contributed by atoms with van der Waals surface area (Å²) in [5.41, 5.74) is -1.64. The number of carbonyl (C=O) groups excluding carboxylic acids is 1. The summed E-state index contributed by atoms with van der Waals surface area (Å²) in [6.45, 7) is 5.93. The summed E-state index contributed by atoms with van der Waals surface area (Å²) in [6, 6.07) is 0.